The van der Waals surface area contributed by atoms with Crippen molar-refractivity contribution in [2.75, 3.05) is 5.32 Å². The number of imidazole rings is 1. The first-order valence-corrected chi connectivity index (χ1v) is 10.1. The lowest BCUT2D eigenvalue weighted by molar-refractivity contribution is 0.102. The van der Waals surface area contributed by atoms with E-state index in [1.54, 1.807) is 24.3 Å². The van der Waals surface area contributed by atoms with Gasteiger partial charge in [-0.25, -0.2) is 4.98 Å². The van der Waals surface area contributed by atoms with Crippen LogP contribution in [0.3, 0.4) is 0 Å². The van der Waals surface area contributed by atoms with E-state index in [1.165, 1.54) is 11.1 Å². The smallest absolute Gasteiger partial charge is 0.255 e. The number of anilines is 1. The van der Waals surface area contributed by atoms with E-state index in [2.05, 4.69) is 47.1 Å². The quantitative estimate of drug-likeness (QED) is 0.445. The lowest BCUT2D eigenvalue weighted by Gasteiger charge is -2.08. The number of hydrogen-bond donors (Lipinski definition) is 1. The molecule has 0 atom stereocenters. The summed E-state index contributed by atoms with van der Waals surface area (Å²) in [5.41, 5.74) is 4.80. The van der Waals surface area contributed by atoms with E-state index in [0.717, 1.165) is 36.4 Å². The molecule has 0 bridgehead atoms. The molecule has 0 saturated heterocycles. The van der Waals surface area contributed by atoms with Crippen LogP contribution >= 0.6 is 11.6 Å². The summed E-state index contributed by atoms with van der Waals surface area (Å²) in [6, 6.07) is 23.1. The molecule has 1 aromatic heterocycles. The maximum Gasteiger partial charge on any atom is 0.255 e. The molecule has 4 aromatic rings. The number of carbonyl (C=O) groups excluding carboxylic acids is 1. The second-order valence-electron chi connectivity index (χ2n) is 6.92. The van der Waals surface area contributed by atoms with Crippen LogP contribution in [-0.4, -0.2) is 15.5 Å². The molecule has 146 valence electrons. The Kier molecular flexibility index (Phi) is 5.63. The molecule has 5 heteroatoms. The number of aromatic nitrogens is 2. The van der Waals surface area contributed by atoms with Crippen molar-refractivity contribution in [2.24, 2.45) is 0 Å². The average Bonchev–Trinajstić information content (AvgIpc) is 3.11. The Morgan fingerprint density at radius 1 is 0.966 bits per heavy atom. The highest BCUT2D eigenvalue weighted by atomic mass is 35.5. The second-order valence-corrected chi connectivity index (χ2v) is 7.36. The van der Waals surface area contributed by atoms with Crippen LogP contribution in [0.5, 0.6) is 0 Å². The van der Waals surface area contributed by atoms with E-state index in [0.29, 0.717) is 10.6 Å². The van der Waals surface area contributed by atoms with Gasteiger partial charge in [-0.3, -0.25) is 4.79 Å². The van der Waals surface area contributed by atoms with Crippen molar-refractivity contribution in [2.45, 2.75) is 26.3 Å². The van der Waals surface area contributed by atoms with E-state index in [4.69, 9.17) is 16.6 Å². The van der Waals surface area contributed by atoms with Crippen molar-refractivity contribution in [3.63, 3.8) is 0 Å². The second kappa shape index (κ2) is 8.50. The number of fused-ring (bicyclic) bond motifs is 1. The van der Waals surface area contributed by atoms with Crippen LogP contribution in [0.2, 0.25) is 5.02 Å². The molecule has 0 spiro atoms. The van der Waals surface area contributed by atoms with E-state index >= 15 is 0 Å². The Hall–Kier alpha value is -3.11. The van der Waals surface area contributed by atoms with Crippen molar-refractivity contribution in [1.82, 2.24) is 9.55 Å². The molecular formula is C24H22ClN3O. The summed E-state index contributed by atoms with van der Waals surface area (Å²) in [5, 5.41) is 3.53. The molecule has 1 heterocycles. The molecule has 0 aliphatic carbocycles. The van der Waals surface area contributed by atoms with E-state index < -0.39 is 0 Å². The zero-order chi connectivity index (χ0) is 20.2. The van der Waals surface area contributed by atoms with Crippen LogP contribution in [0.15, 0.2) is 72.8 Å². The topological polar surface area (TPSA) is 46.9 Å². The fourth-order valence-electron chi connectivity index (χ4n) is 3.48. The number of halogens is 1. The van der Waals surface area contributed by atoms with Crippen LogP contribution in [-0.2, 0) is 19.4 Å². The Bertz CT molecular complexity index is 1130. The predicted molar refractivity (Wildman–Crippen MR) is 119 cm³/mol. The maximum atomic E-state index is 12.3. The molecule has 29 heavy (non-hydrogen) atoms. The summed E-state index contributed by atoms with van der Waals surface area (Å²) >= 11 is 5.87. The third-order valence-electron chi connectivity index (χ3n) is 5.01. The van der Waals surface area contributed by atoms with Crippen molar-refractivity contribution in [1.29, 1.82) is 0 Å². The number of nitrogens with one attached hydrogen (secondary N) is 1. The zero-order valence-electron chi connectivity index (χ0n) is 16.2. The molecule has 4 nitrogen and oxygen atoms in total. The minimum atomic E-state index is -0.147. The van der Waals surface area contributed by atoms with Crippen LogP contribution in [0, 0.1) is 0 Å². The Balaban J connectivity index is 1.41. The highest BCUT2D eigenvalue weighted by Gasteiger charge is 2.09. The first-order valence-electron chi connectivity index (χ1n) is 9.74. The summed E-state index contributed by atoms with van der Waals surface area (Å²) in [4.78, 5) is 17.1. The summed E-state index contributed by atoms with van der Waals surface area (Å²) in [6.45, 7) is 3.06. The number of para-hydroxylation sites is 2. The van der Waals surface area contributed by atoms with Crippen molar-refractivity contribution < 1.29 is 4.79 Å². The van der Waals surface area contributed by atoms with E-state index in [9.17, 15) is 4.79 Å². The number of carbonyl (C=O) groups is 1. The lowest BCUT2D eigenvalue weighted by atomic mass is 10.1. The van der Waals surface area contributed by atoms with Gasteiger partial charge in [-0.1, -0.05) is 35.9 Å². The molecule has 0 unspecified atom stereocenters. The van der Waals surface area contributed by atoms with Crippen molar-refractivity contribution >= 4 is 34.2 Å². The van der Waals surface area contributed by atoms with Gasteiger partial charge in [-0.05, 0) is 67.4 Å². The van der Waals surface area contributed by atoms with Crippen LogP contribution < -0.4 is 5.32 Å². The van der Waals surface area contributed by atoms with Crippen LogP contribution in [0.1, 0.15) is 28.7 Å². The predicted octanol–water partition coefficient (Wildman–Crippen LogP) is 5.75. The van der Waals surface area contributed by atoms with Gasteiger partial charge in [0.05, 0.1) is 11.0 Å². The van der Waals surface area contributed by atoms with Crippen molar-refractivity contribution in [3.8, 4) is 0 Å². The number of rotatable bonds is 6. The summed E-state index contributed by atoms with van der Waals surface area (Å²) in [5.74, 6) is 0.958. The third-order valence-corrected chi connectivity index (χ3v) is 5.26. The number of benzene rings is 3. The van der Waals surface area contributed by atoms with Crippen LogP contribution in [0.25, 0.3) is 11.0 Å². The minimum Gasteiger partial charge on any atom is -0.328 e. The molecule has 1 amide bonds. The summed E-state index contributed by atoms with van der Waals surface area (Å²) < 4.78 is 2.27. The number of amides is 1. The van der Waals surface area contributed by atoms with Gasteiger partial charge in [0.2, 0.25) is 0 Å². The van der Waals surface area contributed by atoms with Gasteiger partial charge in [0.1, 0.15) is 5.82 Å². The van der Waals surface area contributed by atoms with E-state index in [1.807, 2.05) is 18.2 Å². The molecule has 0 aliphatic rings. The first kappa shape index (κ1) is 19.2. The number of nitrogens with zero attached hydrogens (tertiary/aromatic N) is 2. The Labute approximate surface area is 175 Å². The zero-order valence-corrected chi connectivity index (χ0v) is 17.0. The SMILES string of the molecule is CCn1c(CCc2ccc(NC(=O)c3ccc(Cl)cc3)cc2)nc2ccccc21. The van der Waals surface area contributed by atoms with Gasteiger partial charge < -0.3 is 9.88 Å². The first-order chi connectivity index (χ1) is 14.1. The molecule has 0 fully saturated rings. The van der Waals surface area contributed by atoms with E-state index in [-0.39, 0.29) is 5.91 Å². The molecule has 4 rings (SSSR count). The maximum absolute atomic E-state index is 12.3. The van der Waals surface area contributed by atoms with Gasteiger partial charge >= 0.3 is 0 Å². The molecule has 0 saturated carbocycles. The Morgan fingerprint density at radius 2 is 1.69 bits per heavy atom. The molecular weight excluding hydrogens is 382 g/mol. The molecule has 0 aliphatic heterocycles. The largest absolute Gasteiger partial charge is 0.328 e. The van der Waals surface area contributed by atoms with Gasteiger partial charge in [-0.15, -0.1) is 0 Å². The monoisotopic (exact) mass is 403 g/mol. The summed E-state index contributed by atoms with van der Waals surface area (Å²) in [7, 11) is 0. The molecule has 3 aromatic carbocycles. The highest BCUT2D eigenvalue weighted by Crippen LogP contribution is 2.19. The third kappa shape index (κ3) is 4.33. The molecule has 0 radical (unpaired) electrons. The fraction of sp³-hybridized carbons (Fsp3) is 0.167. The minimum absolute atomic E-state index is 0.147. The van der Waals surface area contributed by atoms with Gasteiger partial charge in [-0.2, -0.15) is 0 Å². The fourth-order valence-corrected chi connectivity index (χ4v) is 3.61. The number of hydrogen-bond acceptors (Lipinski definition) is 2. The lowest BCUT2D eigenvalue weighted by Crippen LogP contribution is -2.11. The summed E-state index contributed by atoms with van der Waals surface area (Å²) in [6.07, 6.45) is 1.77. The highest BCUT2D eigenvalue weighted by molar-refractivity contribution is 6.30. The van der Waals surface area contributed by atoms with Crippen molar-refractivity contribution in [3.05, 3.63) is 94.8 Å². The normalized spacial score (nSPS) is 11.0. The standard InChI is InChI=1S/C24H22ClN3O/c1-2-28-22-6-4-3-5-21(22)27-23(28)16-9-17-7-14-20(15-8-17)26-24(29)18-10-12-19(25)13-11-18/h3-8,10-15H,2,9,16H2,1H3,(H,26,29). The Morgan fingerprint density at radius 3 is 2.41 bits per heavy atom. The number of aryl methyl sites for hydroxylation is 3. The average molecular weight is 404 g/mol. The van der Waals surface area contributed by atoms with Crippen LogP contribution in [0.4, 0.5) is 5.69 Å². The van der Waals surface area contributed by atoms with Gasteiger partial charge in [0, 0.05) is 29.2 Å². The van der Waals surface area contributed by atoms with Gasteiger partial charge in [0.15, 0.2) is 0 Å². The molecule has 1 N–H and O–H groups in total. The van der Waals surface area contributed by atoms with Gasteiger partial charge in [0.25, 0.3) is 5.91 Å².